The van der Waals surface area contributed by atoms with Crippen LogP contribution >= 0.6 is 0 Å². The summed E-state index contributed by atoms with van der Waals surface area (Å²) in [7, 11) is 1.69. The van der Waals surface area contributed by atoms with Crippen LogP contribution in [-0.2, 0) is 6.54 Å². The van der Waals surface area contributed by atoms with Gasteiger partial charge >= 0.3 is 0 Å². The van der Waals surface area contributed by atoms with Crippen LogP contribution in [0.1, 0.15) is 30.0 Å². The molecule has 0 unspecified atom stereocenters. The Hall–Kier alpha value is -2.79. The molecule has 4 rings (SSSR count). The number of methoxy groups -OCH3 is 1. The minimum atomic E-state index is 0.380. The van der Waals surface area contributed by atoms with E-state index in [1.807, 2.05) is 36.7 Å². The summed E-state index contributed by atoms with van der Waals surface area (Å²) in [6.45, 7) is 3.03. The average molecular weight is 360 g/mol. The molecular weight excluding hydrogens is 336 g/mol. The molecule has 1 fully saturated rings. The molecule has 0 radical (unpaired) electrons. The van der Waals surface area contributed by atoms with Gasteiger partial charge in [0.25, 0.3) is 0 Å². The second kappa shape index (κ2) is 8.27. The van der Waals surface area contributed by atoms with Gasteiger partial charge in [-0.25, -0.2) is 0 Å². The van der Waals surface area contributed by atoms with Gasteiger partial charge in [0, 0.05) is 49.4 Å². The summed E-state index contributed by atoms with van der Waals surface area (Å²) in [5.74, 6) is 1.22. The summed E-state index contributed by atoms with van der Waals surface area (Å²) in [5, 5.41) is 0. The Labute approximate surface area is 160 Å². The van der Waals surface area contributed by atoms with Crippen LogP contribution in [0.4, 0.5) is 0 Å². The van der Waals surface area contributed by atoms with Crippen LogP contribution in [-0.4, -0.2) is 40.1 Å². The maximum atomic E-state index is 5.38. The van der Waals surface area contributed by atoms with Crippen molar-refractivity contribution in [1.82, 2.24) is 19.9 Å². The minimum Gasteiger partial charge on any atom is -0.497 e. The average Bonchev–Trinajstić information content (AvgIpc) is 2.75. The van der Waals surface area contributed by atoms with Crippen molar-refractivity contribution in [2.24, 2.45) is 0 Å². The topological polar surface area (TPSA) is 51.1 Å². The third kappa shape index (κ3) is 4.14. The fourth-order valence-corrected chi connectivity index (χ4v) is 3.81. The van der Waals surface area contributed by atoms with Crippen molar-refractivity contribution in [3.8, 4) is 17.0 Å². The first-order valence-corrected chi connectivity index (χ1v) is 9.40. The Balaban J connectivity index is 1.57. The number of likely N-dealkylation sites (tertiary alicyclic amines) is 1. The molecule has 1 aliphatic heterocycles. The van der Waals surface area contributed by atoms with E-state index in [9.17, 15) is 0 Å². The van der Waals surface area contributed by atoms with Gasteiger partial charge in [-0.15, -0.1) is 0 Å². The molecule has 0 aliphatic carbocycles. The highest BCUT2D eigenvalue weighted by molar-refractivity contribution is 5.64. The zero-order chi connectivity index (χ0) is 18.5. The number of rotatable bonds is 5. The molecule has 2 aromatic heterocycles. The SMILES string of the molecule is COc1cccc(-c2nccnc2[C@@H]2CCCN(Cc3cccnc3)C2)c1. The lowest BCUT2D eigenvalue weighted by Gasteiger charge is -2.33. The van der Waals surface area contributed by atoms with Gasteiger partial charge in [0.05, 0.1) is 18.5 Å². The molecule has 1 aromatic carbocycles. The summed E-state index contributed by atoms with van der Waals surface area (Å²) in [6, 6.07) is 12.2. The Bertz CT molecular complexity index is 884. The molecule has 1 aliphatic rings. The Morgan fingerprint density at radius 2 is 2.04 bits per heavy atom. The number of aromatic nitrogens is 3. The van der Waals surface area contributed by atoms with Crippen LogP contribution in [0.5, 0.6) is 5.75 Å². The van der Waals surface area contributed by atoms with Crippen molar-refractivity contribution in [2.75, 3.05) is 20.2 Å². The Morgan fingerprint density at radius 3 is 2.89 bits per heavy atom. The van der Waals surface area contributed by atoms with Crippen LogP contribution in [0.15, 0.2) is 61.2 Å². The highest BCUT2D eigenvalue weighted by Crippen LogP contribution is 2.33. The molecule has 0 N–H and O–H groups in total. The van der Waals surface area contributed by atoms with Crippen molar-refractivity contribution in [3.63, 3.8) is 0 Å². The van der Waals surface area contributed by atoms with Gasteiger partial charge in [-0.05, 0) is 43.1 Å². The zero-order valence-corrected chi connectivity index (χ0v) is 15.6. The number of hydrogen-bond donors (Lipinski definition) is 0. The molecule has 3 aromatic rings. The molecule has 0 saturated carbocycles. The van der Waals surface area contributed by atoms with Crippen molar-refractivity contribution in [3.05, 3.63) is 72.4 Å². The second-order valence-electron chi connectivity index (χ2n) is 6.96. The highest BCUT2D eigenvalue weighted by atomic mass is 16.5. The maximum absolute atomic E-state index is 5.38. The highest BCUT2D eigenvalue weighted by Gasteiger charge is 2.25. The smallest absolute Gasteiger partial charge is 0.119 e. The van der Waals surface area contributed by atoms with Crippen molar-refractivity contribution >= 4 is 0 Å². The fraction of sp³-hybridized carbons (Fsp3) is 0.318. The van der Waals surface area contributed by atoms with E-state index < -0.39 is 0 Å². The molecule has 0 amide bonds. The minimum absolute atomic E-state index is 0.380. The Kier molecular flexibility index (Phi) is 5.39. The number of hydrogen-bond acceptors (Lipinski definition) is 5. The summed E-state index contributed by atoms with van der Waals surface area (Å²) in [5.41, 5.74) is 4.36. The predicted octanol–water partition coefficient (Wildman–Crippen LogP) is 3.93. The summed E-state index contributed by atoms with van der Waals surface area (Å²) in [6.07, 6.45) is 9.65. The quantitative estimate of drug-likeness (QED) is 0.690. The lowest BCUT2D eigenvalue weighted by atomic mass is 9.91. The maximum Gasteiger partial charge on any atom is 0.119 e. The van der Waals surface area contributed by atoms with Crippen molar-refractivity contribution in [1.29, 1.82) is 0 Å². The largest absolute Gasteiger partial charge is 0.497 e. The molecule has 1 saturated heterocycles. The van der Waals surface area contributed by atoms with Crippen molar-refractivity contribution in [2.45, 2.75) is 25.3 Å². The summed E-state index contributed by atoms with van der Waals surface area (Å²) in [4.78, 5) is 16.1. The van der Waals surface area contributed by atoms with Crippen LogP contribution in [0.2, 0.25) is 0 Å². The van der Waals surface area contributed by atoms with E-state index in [0.29, 0.717) is 5.92 Å². The van der Waals surface area contributed by atoms with E-state index >= 15 is 0 Å². The molecular formula is C22H24N4O. The zero-order valence-electron chi connectivity index (χ0n) is 15.6. The van der Waals surface area contributed by atoms with E-state index in [4.69, 9.17) is 9.72 Å². The monoisotopic (exact) mass is 360 g/mol. The third-order valence-electron chi connectivity index (χ3n) is 5.09. The fourth-order valence-electron chi connectivity index (χ4n) is 3.81. The molecule has 3 heterocycles. The molecule has 1 atom stereocenters. The van der Waals surface area contributed by atoms with Gasteiger partial charge in [0.2, 0.25) is 0 Å². The molecule has 5 nitrogen and oxygen atoms in total. The number of ether oxygens (including phenoxy) is 1. The number of nitrogens with zero attached hydrogens (tertiary/aromatic N) is 4. The third-order valence-corrected chi connectivity index (χ3v) is 5.09. The van der Waals surface area contributed by atoms with Gasteiger partial charge in [0.1, 0.15) is 5.75 Å². The number of piperidine rings is 1. The van der Waals surface area contributed by atoms with E-state index in [2.05, 4.69) is 27.0 Å². The van der Waals surface area contributed by atoms with Crippen LogP contribution in [0, 0.1) is 0 Å². The van der Waals surface area contributed by atoms with Crippen LogP contribution in [0.3, 0.4) is 0 Å². The molecule has 27 heavy (non-hydrogen) atoms. The standard InChI is InChI=1S/C22H24N4O/c1-27-20-8-2-6-18(13-20)21-22(25-11-10-24-21)19-7-4-12-26(16-19)15-17-5-3-9-23-14-17/h2-3,5-6,8-11,13-14,19H,4,7,12,15-16H2,1H3/t19-/m1/s1. The van der Waals surface area contributed by atoms with E-state index in [1.54, 1.807) is 19.5 Å². The normalized spacial score (nSPS) is 17.6. The van der Waals surface area contributed by atoms with Gasteiger partial charge in [0.15, 0.2) is 0 Å². The van der Waals surface area contributed by atoms with Gasteiger partial charge in [-0.2, -0.15) is 0 Å². The van der Waals surface area contributed by atoms with E-state index in [1.165, 1.54) is 12.0 Å². The van der Waals surface area contributed by atoms with E-state index in [0.717, 1.165) is 48.8 Å². The predicted molar refractivity (Wildman–Crippen MR) is 106 cm³/mol. The first-order valence-electron chi connectivity index (χ1n) is 9.40. The first kappa shape index (κ1) is 17.6. The molecule has 0 bridgehead atoms. The lowest BCUT2D eigenvalue weighted by molar-refractivity contribution is 0.198. The molecule has 5 heteroatoms. The molecule has 0 spiro atoms. The summed E-state index contributed by atoms with van der Waals surface area (Å²) >= 11 is 0. The van der Waals surface area contributed by atoms with E-state index in [-0.39, 0.29) is 0 Å². The number of benzene rings is 1. The summed E-state index contributed by atoms with van der Waals surface area (Å²) < 4.78 is 5.38. The van der Waals surface area contributed by atoms with Gasteiger partial charge in [-0.1, -0.05) is 18.2 Å². The van der Waals surface area contributed by atoms with Crippen molar-refractivity contribution < 1.29 is 4.74 Å². The molecule has 138 valence electrons. The first-order chi connectivity index (χ1) is 13.3. The van der Waals surface area contributed by atoms with Gasteiger partial charge in [-0.3, -0.25) is 19.9 Å². The number of pyridine rings is 1. The lowest BCUT2D eigenvalue weighted by Crippen LogP contribution is -2.34. The van der Waals surface area contributed by atoms with Crippen LogP contribution < -0.4 is 4.74 Å². The second-order valence-corrected chi connectivity index (χ2v) is 6.96. The van der Waals surface area contributed by atoms with Crippen LogP contribution in [0.25, 0.3) is 11.3 Å². The Morgan fingerprint density at radius 1 is 1.11 bits per heavy atom. The van der Waals surface area contributed by atoms with Gasteiger partial charge < -0.3 is 4.74 Å².